The van der Waals surface area contributed by atoms with E-state index in [1.165, 1.54) is 17.0 Å². The molecule has 2 aromatic heterocycles. The molecule has 3 aliphatic rings. The van der Waals surface area contributed by atoms with E-state index in [4.69, 9.17) is 19.5 Å². The van der Waals surface area contributed by atoms with E-state index < -0.39 is 0 Å². The van der Waals surface area contributed by atoms with E-state index in [1.807, 2.05) is 30.1 Å². The third-order valence-electron chi connectivity index (χ3n) is 6.73. The van der Waals surface area contributed by atoms with Gasteiger partial charge in [0.15, 0.2) is 16.7 Å². The average molecular weight is 447 g/mol. The number of fused-ring (bicyclic) bond motifs is 2. The van der Waals surface area contributed by atoms with Crippen molar-refractivity contribution in [3.05, 3.63) is 71.3 Å². The Morgan fingerprint density at radius 3 is 2.78 bits per heavy atom. The number of nitrogens with zero attached hydrogens (tertiary/aromatic N) is 4. The van der Waals surface area contributed by atoms with Gasteiger partial charge in [0.25, 0.3) is 0 Å². The Labute approximate surface area is 192 Å². The molecular weight excluding hydrogens is 420 g/mol. The predicted molar refractivity (Wildman–Crippen MR) is 127 cm³/mol. The summed E-state index contributed by atoms with van der Waals surface area (Å²) in [6.45, 7) is 6.94. The molecule has 164 valence electrons. The lowest BCUT2D eigenvalue weighted by atomic mass is 9.95. The average Bonchev–Trinajstić information content (AvgIpc) is 3.57. The van der Waals surface area contributed by atoms with Gasteiger partial charge in [0.05, 0.1) is 11.7 Å². The quantitative estimate of drug-likeness (QED) is 0.552. The first-order valence-electron chi connectivity index (χ1n) is 11.1. The van der Waals surface area contributed by atoms with Crippen LogP contribution >= 0.6 is 11.8 Å². The van der Waals surface area contributed by atoms with Gasteiger partial charge < -0.3 is 18.9 Å². The summed E-state index contributed by atoms with van der Waals surface area (Å²) in [4.78, 5) is 12.4. The second kappa shape index (κ2) is 7.59. The second-order valence-electron chi connectivity index (χ2n) is 8.54. The summed E-state index contributed by atoms with van der Waals surface area (Å²) >= 11 is 1.88. The maximum atomic E-state index is 5.63. The van der Waals surface area contributed by atoms with Crippen molar-refractivity contribution in [1.82, 2.24) is 14.5 Å². The zero-order chi connectivity index (χ0) is 21.8. The maximum Gasteiger partial charge on any atom is 0.231 e. The van der Waals surface area contributed by atoms with Crippen LogP contribution in [-0.2, 0) is 0 Å². The van der Waals surface area contributed by atoms with E-state index in [9.17, 15) is 0 Å². The fourth-order valence-electron chi connectivity index (χ4n) is 5.20. The lowest BCUT2D eigenvalue weighted by Gasteiger charge is -2.32. The SMILES string of the molecule is CC[C@@H]1CSC2=N[C@H](c3ccccn3)[C@H](c3cc(C)n(-c4ccc5c(c4)OCO5)c3C)N21. The summed E-state index contributed by atoms with van der Waals surface area (Å²) in [6, 6.07) is 15.3. The largest absolute Gasteiger partial charge is 0.454 e. The number of aromatic nitrogens is 2. The number of benzene rings is 1. The van der Waals surface area contributed by atoms with E-state index in [2.05, 4.69) is 60.6 Å². The molecule has 5 heterocycles. The molecule has 1 fully saturated rings. The number of thioether (sulfide) groups is 1. The predicted octanol–water partition coefficient (Wildman–Crippen LogP) is 5.20. The Morgan fingerprint density at radius 2 is 1.97 bits per heavy atom. The van der Waals surface area contributed by atoms with E-state index >= 15 is 0 Å². The van der Waals surface area contributed by atoms with Gasteiger partial charge in [-0.2, -0.15) is 0 Å². The molecule has 0 N–H and O–H groups in total. The number of aryl methyl sites for hydroxylation is 1. The smallest absolute Gasteiger partial charge is 0.231 e. The van der Waals surface area contributed by atoms with Crippen LogP contribution in [0.5, 0.6) is 11.5 Å². The van der Waals surface area contributed by atoms with Gasteiger partial charge in [0, 0.05) is 41.1 Å². The summed E-state index contributed by atoms with van der Waals surface area (Å²) in [6.07, 6.45) is 2.98. The topological polar surface area (TPSA) is 51.9 Å². The van der Waals surface area contributed by atoms with Crippen LogP contribution in [0.1, 0.15) is 48.1 Å². The van der Waals surface area contributed by atoms with Crippen LogP contribution in [0.2, 0.25) is 0 Å². The molecule has 0 amide bonds. The van der Waals surface area contributed by atoms with E-state index in [0.29, 0.717) is 6.04 Å². The number of amidine groups is 1. The highest BCUT2D eigenvalue weighted by molar-refractivity contribution is 8.14. The van der Waals surface area contributed by atoms with Crippen LogP contribution < -0.4 is 9.47 Å². The molecule has 0 aliphatic carbocycles. The molecule has 0 spiro atoms. The minimum atomic E-state index is -0.00115. The summed E-state index contributed by atoms with van der Waals surface area (Å²) in [5, 5.41) is 1.16. The van der Waals surface area contributed by atoms with Gasteiger partial charge in [0.2, 0.25) is 6.79 Å². The zero-order valence-electron chi connectivity index (χ0n) is 18.5. The van der Waals surface area contributed by atoms with Gasteiger partial charge in [-0.3, -0.25) is 9.98 Å². The molecule has 6 nitrogen and oxygen atoms in total. The number of hydrogen-bond donors (Lipinski definition) is 0. The van der Waals surface area contributed by atoms with Gasteiger partial charge in [-0.1, -0.05) is 24.8 Å². The molecule has 1 aromatic carbocycles. The van der Waals surface area contributed by atoms with Crippen LogP contribution in [0, 0.1) is 13.8 Å². The molecule has 0 saturated carbocycles. The van der Waals surface area contributed by atoms with Gasteiger partial charge in [-0.15, -0.1) is 0 Å². The summed E-state index contributed by atoms with van der Waals surface area (Å²) in [7, 11) is 0. The molecule has 3 aliphatic heterocycles. The second-order valence-corrected chi connectivity index (χ2v) is 9.52. The Balaban J connectivity index is 1.47. The number of ether oxygens (including phenoxy) is 2. The summed E-state index contributed by atoms with van der Waals surface area (Å²) in [5.41, 5.74) is 5.87. The Kier molecular flexibility index (Phi) is 4.68. The van der Waals surface area contributed by atoms with Gasteiger partial charge in [-0.25, -0.2) is 0 Å². The fourth-order valence-corrected chi connectivity index (χ4v) is 6.53. The first-order valence-corrected chi connectivity index (χ1v) is 12.1. The van der Waals surface area contributed by atoms with E-state index in [0.717, 1.165) is 40.2 Å². The van der Waals surface area contributed by atoms with Gasteiger partial charge in [-0.05, 0) is 56.2 Å². The minimum absolute atomic E-state index is 0.00115. The molecule has 6 rings (SSSR count). The maximum absolute atomic E-state index is 5.63. The van der Waals surface area contributed by atoms with Crippen LogP contribution in [0.15, 0.2) is 53.7 Å². The first kappa shape index (κ1) is 19.7. The van der Waals surface area contributed by atoms with Gasteiger partial charge in [0.1, 0.15) is 6.04 Å². The molecule has 32 heavy (non-hydrogen) atoms. The fraction of sp³-hybridized carbons (Fsp3) is 0.360. The minimum Gasteiger partial charge on any atom is -0.454 e. The number of hydrogen-bond acceptors (Lipinski definition) is 6. The van der Waals surface area contributed by atoms with Crippen molar-refractivity contribution in [2.24, 2.45) is 4.99 Å². The van der Waals surface area contributed by atoms with Crippen molar-refractivity contribution in [1.29, 1.82) is 0 Å². The summed E-state index contributed by atoms with van der Waals surface area (Å²) in [5.74, 6) is 2.71. The molecular formula is C25H26N4O2S. The van der Waals surface area contributed by atoms with Crippen molar-refractivity contribution < 1.29 is 9.47 Å². The lowest BCUT2D eigenvalue weighted by Crippen LogP contribution is -2.35. The van der Waals surface area contributed by atoms with Crippen LogP contribution in [0.25, 0.3) is 5.69 Å². The molecule has 3 atom stereocenters. The normalized spacial score (nSPS) is 23.5. The molecule has 7 heteroatoms. The molecule has 3 aromatic rings. The number of pyridine rings is 1. The van der Waals surface area contributed by atoms with Crippen molar-refractivity contribution in [2.45, 2.75) is 45.3 Å². The van der Waals surface area contributed by atoms with Crippen LogP contribution in [0.3, 0.4) is 0 Å². The highest BCUT2D eigenvalue weighted by atomic mass is 32.2. The summed E-state index contributed by atoms with van der Waals surface area (Å²) < 4.78 is 13.5. The molecule has 1 saturated heterocycles. The number of rotatable bonds is 4. The Hall–Kier alpha value is -2.93. The van der Waals surface area contributed by atoms with Crippen molar-refractivity contribution in [2.75, 3.05) is 12.5 Å². The highest BCUT2D eigenvalue weighted by Crippen LogP contribution is 2.50. The van der Waals surface area contributed by atoms with Crippen molar-refractivity contribution in [3.8, 4) is 17.2 Å². The zero-order valence-corrected chi connectivity index (χ0v) is 19.3. The van der Waals surface area contributed by atoms with Crippen LogP contribution in [-0.4, -0.2) is 38.2 Å². The Bertz CT molecular complexity index is 1210. The van der Waals surface area contributed by atoms with E-state index in [1.54, 1.807) is 0 Å². The highest BCUT2D eigenvalue weighted by Gasteiger charge is 2.46. The van der Waals surface area contributed by atoms with E-state index in [-0.39, 0.29) is 18.9 Å². The molecule has 0 bridgehead atoms. The Morgan fingerprint density at radius 1 is 1.09 bits per heavy atom. The monoisotopic (exact) mass is 446 g/mol. The first-order chi connectivity index (χ1) is 15.7. The third-order valence-corrected chi connectivity index (χ3v) is 7.86. The number of aliphatic imine (C=N–C) groups is 1. The van der Waals surface area contributed by atoms with Crippen molar-refractivity contribution in [3.63, 3.8) is 0 Å². The molecule has 0 unspecified atom stereocenters. The van der Waals surface area contributed by atoms with Gasteiger partial charge >= 0.3 is 0 Å². The standard InChI is InChI=1S/C25H26N4O2S/c1-4-17-13-32-25-27-23(20-7-5-6-10-26-20)24(29(17)25)19-11-15(2)28(16(19)3)18-8-9-21-22(12-18)31-14-30-21/h5-12,17,23-24H,4,13-14H2,1-3H3/t17-,23-,24+/m1/s1. The van der Waals surface area contributed by atoms with Crippen LogP contribution in [0.4, 0.5) is 0 Å². The van der Waals surface area contributed by atoms with Crippen molar-refractivity contribution >= 4 is 16.9 Å². The third kappa shape index (κ3) is 2.94. The lowest BCUT2D eigenvalue weighted by molar-refractivity contribution is 0.174. The molecule has 0 radical (unpaired) electrons.